The van der Waals surface area contributed by atoms with Crippen molar-refractivity contribution in [2.24, 2.45) is 5.92 Å². The highest BCUT2D eigenvalue weighted by atomic mass is 32.1. The molecule has 2 rings (SSSR count). The van der Waals surface area contributed by atoms with Gasteiger partial charge in [0.25, 0.3) is 0 Å². The molecule has 1 heterocycles. The number of carboxylic acid groups (broad SMARTS) is 1. The van der Waals surface area contributed by atoms with Gasteiger partial charge in [0.1, 0.15) is 11.6 Å². The molecule has 0 radical (unpaired) electrons. The zero-order valence-corrected chi connectivity index (χ0v) is 24.2. The number of nitrogens with one attached hydrogen (secondary N) is 3. The molecule has 1 aliphatic carbocycles. The third-order valence-electron chi connectivity index (χ3n) is 6.65. The molecular weight excluding hydrogens is 522 g/mol. The van der Waals surface area contributed by atoms with Gasteiger partial charge in [-0.15, -0.1) is 11.3 Å². The van der Waals surface area contributed by atoms with Crippen molar-refractivity contribution in [2.75, 3.05) is 6.54 Å². The summed E-state index contributed by atoms with van der Waals surface area (Å²) < 4.78 is 5.36. The van der Waals surface area contributed by atoms with E-state index in [0.717, 1.165) is 32.1 Å². The first kappa shape index (κ1) is 32.6. The molecule has 1 aromatic heterocycles. The monoisotopic (exact) mass is 567 g/mol. The Morgan fingerprint density at radius 2 is 1.85 bits per heavy atom. The van der Waals surface area contributed by atoms with Gasteiger partial charge in [0.15, 0.2) is 0 Å². The number of hydrogen-bond acceptors (Lipinski definition) is 7. The summed E-state index contributed by atoms with van der Waals surface area (Å²) in [6.07, 6.45) is 4.80. The van der Waals surface area contributed by atoms with E-state index < -0.39 is 47.7 Å². The minimum absolute atomic E-state index is 0.0738. The molecule has 5 N–H and O–H groups in total. The highest BCUT2D eigenvalue weighted by Crippen LogP contribution is 2.28. The fraction of sp³-hybridized carbons (Fsp3) is 0.714. The van der Waals surface area contributed by atoms with Gasteiger partial charge in [0, 0.05) is 17.8 Å². The molecule has 10 nitrogen and oxygen atoms in total. The van der Waals surface area contributed by atoms with Crippen molar-refractivity contribution < 1.29 is 34.1 Å². The molecule has 3 atom stereocenters. The maximum atomic E-state index is 12.9. The van der Waals surface area contributed by atoms with Crippen molar-refractivity contribution in [1.29, 1.82) is 0 Å². The SMILES string of the molecule is CC(C)(C)OC(=O)NC(CC1CCCCC1)C(O)CC(=O)N[C@@H](CCC(=O)O)C(=O)NCCCc1cccs1. The molecule has 1 saturated carbocycles. The number of alkyl carbamates (subject to hydrolysis) is 1. The summed E-state index contributed by atoms with van der Waals surface area (Å²) in [5, 5.41) is 30.2. The van der Waals surface area contributed by atoms with Gasteiger partial charge in [0.05, 0.1) is 18.6 Å². The number of carbonyl (C=O) groups is 4. The van der Waals surface area contributed by atoms with Crippen LogP contribution in [0.4, 0.5) is 4.79 Å². The second-order valence-electron chi connectivity index (χ2n) is 11.3. The van der Waals surface area contributed by atoms with Gasteiger partial charge < -0.3 is 30.9 Å². The molecule has 2 unspecified atom stereocenters. The number of thiophene rings is 1. The average molecular weight is 568 g/mol. The van der Waals surface area contributed by atoms with Crippen LogP contribution < -0.4 is 16.0 Å². The number of carbonyl (C=O) groups excluding carboxylic acids is 3. The van der Waals surface area contributed by atoms with E-state index in [0.29, 0.717) is 25.3 Å². The van der Waals surface area contributed by atoms with E-state index in [9.17, 15) is 24.3 Å². The summed E-state index contributed by atoms with van der Waals surface area (Å²) in [6, 6.07) is 2.25. The topological polar surface area (TPSA) is 154 Å². The van der Waals surface area contributed by atoms with E-state index in [-0.39, 0.29) is 19.3 Å². The van der Waals surface area contributed by atoms with Crippen LogP contribution in [0, 0.1) is 5.92 Å². The number of amides is 3. The van der Waals surface area contributed by atoms with Gasteiger partial charge in [-0.05, 0) is 63.8 Å². The molecule has 0 aromatic carbocycles. The van der Waals surface area contributed by atoms with Crippen molar-refractivity contribution in [2.45, 2.75) is 115 Å². The first-order chi connectivity index (χ1) is 18.4. The summed E-state index contributed by atoms with van der Waals surface area (Å²) in [5.41, 5.74) is -0.712. The van der Waals surface area contributed by atoms with Crippen LogP contribution in [0.3, 0.4) is 0 Å². The quantitative estimate of drug-likeness (QED) is 0.202. The normalized spacial score (nSPS) is 16.5. The molecule has 1 aliphatic rings. The van der Waals surface area contributed by atoms with E-state index in [2.05, 4.69) is 16.0 Å². The third kappa shape index (κ3) is 13.8. The Hall–Kier alpha value is -2.66. The summed E-state index contributed by atoms with van der Waals surface area (Å²) in [7, 11) is 0. The van der Waals surface area contributed by atoms with Gasteiger partial charge in [0.2, 0.25) is 11.8 Å². The molecule has 0 bridgehead atoms. The van der Waals surface area contributed by atoms with Crippen LogP contribution in [-0.4, -0.2) is 64.4 Å². The van der Waals surface area contributed by atoms with E-state index in [1.165, 1.54) is 11.3 Å². The minimum Gasteiger partial charge on any atom is -0.481 e. The van der Waals surface area contributed by atoms with Crippen LogP contribution in [0.1, 0.15) is 89.9 Å². The smallest absolute Gasteiger partial charge is 0.407 e. The molecule has 3 amide bonds. The number of ether oxygens (including phenoxy) is 1. The maximum Gasteiger partial charge on any atom is 0.407 e. The van der Waals surface area contributed by atoms with Crippen molar-refractivity contribution in [3.63, 3.8) is 0 Å². The van der Waals surface area contributed by atoms with Gasteiger partial charge in [-0.2, -0.15) is 0 Å². The third-order valence-corrected chi connectivity index (χ3v) is 7.59. The van der Waals surface area contributed by atoms with Crippen LogP contribution in [0.2, 0.25) is 0 Å². The standard InChI is InChI=1S/C28H45N3O7S/c1-28(2,3)38-27(37)31-22(17-19-9-5-4-6-10-19)23(32)18-24(33)30-21(13-14-25(34)35)26(36)29-15-7-11-20-12-8-16-39-20/h8,12,16,19,21-23,32H,4-7,9-11,13-15,17-18H2,1-3H3,(H,29,36)(H,30,33)(H,31,37)(H,34,35)/t21-,22?,23?/m0/s1. The Morgan fingerprint density at radius 3 is 2.46 bits per heavy atom. The van der Waals surface area contributed by atoms with E-state index in [4.69, 9.17) is 9.84 Å². The van der Waals surface area contributed by atoms with Crippen LogP contribution in [0.15, 0.2) is 17.5 Å². The molecular formula is C28H45N3O7S. The first-order valence-corrected chi connectivity index (χ1v) is 14.8. The van der Waals surface area contributed by atoms with Gasteiger partial charge in [-0.3, -0.25) is 14.4 Å². The molecule has 0 saturated heterocycles. The lowest BCUT2D eigenvalue weighted by Gasteiger charge is -2.31. The van der Waals surface area contributed by atoms with Crippen LogP contribution in [0.5, 0.6) is 0 Å². The van der Waals surface area contributed by atoms with Gasteiger partial charge in [-0.25, -0.2) is 4.79 Å². The minimum atomic E-state index is -1.20. The van der Waals surface area contributed by atoms with Crippen LogP contribution in [0.25, 0.3) is 0 Å². The van der Waals surface area contributed by atoms with Gasteiger partial charge >= 0.3 is 12.1 Å². The highest BCUT2D eigenvalue weighted by molar-refractivity contribution is 7.09. The summed E-state index contributed by atoms with van der Waals surface area (Å²) in [6.45, 7) is 5.63. The van der Waals surface area contributed by atoms with Crippen molar-refractivity contribution >= 4 is 35.2 Å². The fourth-order valence-corrected chi connectivity index (χ4v) is 5.48. The lowest BCUT2D eigenvalue weighted by Crippen LogP contribution is -2.50. The molecule has 0 spiro atoms. The molecule has 1 fully saturated rings. The number of aliphatic hydroxyl groups excluding tert-OH is 1. The van der Waals surface area contributed by atoms with Crippen LogP contribution >= 0.6 is 11.3 Å². The first-order valence-electron chi connectivity index (χ1n) is 13.9. The van der Waals surface area contributed by atoms with Crippen molar-refractivity contribution in [3.05, 3.63) is 22.4 Å². The predicted octanol–water partition coefficient (Wildman–Crippen LogP) is 3.76. The number of carboxylic acids is 1. The highest BCUT2D eigenvalue weighted by Gasteiger charge is 2.30. The number of aliphatic carboxylic acids is 1. The predicted molar refractivity (Wildman–Crippen MR) is 149 cm³/mol. The largest absolute Gasteiger partial charge is 0.481 e. The number of hydrogen-bond donors (Lipinski definition) is 5. The zero-order valence-electron chi connectivity index (χ0n) is 23.4. The number of aryl methyl sites for hydroxylation is 1. The molecule has 220 valence electrons. The molecule has 39 heavy (non-hydrogen) atoms. The van der Waals surface area contributed by atoms with E-state index in [1.54, 1.807) is 32.1 Å². The maximum absolute atomic E-state index is 12.9. The second-order valence-corrected chi connectivity index (χ2v) is 12.3. The Balaban J connectivity index is 1.96. The Morgan fingerprint density at radius 1 is 1.13 bits per heavy atom. The van der Waals surface area contributed by atoms with Crippen LogP contribution in [-0.2, 0) is 25.5 Å². The Kier molecular flexibility index (Phi) is 13.7. The number of aliphatic hydroxyl groups is 1. The Bertz CT molecular complexity index is 911. The second kappa shape index (κ2) is 16.4. The number of rotatable bonds is 15. The molecule has 11 heteroatoms. The molecule has 1 aromatic rings. The fourth-order valence-electron chi connectivity index (χ4n) is 4.73. The average Bonchev–Trinajstić information content (AvgIpc) is 3.37. The van der Waals surface area contributed by atoms with E-state index >= 15 is 0 Å². The van der Waals surface area contributed by atoms with Crippen molar-refractivity contribution in [1.82, 2.24) is 16.0 Å². The lowest BCUT2D eigenvalue weighted by atomic mass is 9.83. The molecule has 0 aliphatic heterocycles. The lowest BCUT2D eigenvalue weighted by molar-refractivity contribution is -0.138. The summed E-state index contributed by atoms with van der Waals surface area (Å²) in [4.78, 5) is 50.4. The summed E-state index contributed by atoms with van der Waals surface area (Å²) >= 11 is 1.64. The van der Waals surface area contributed by atoms with Gasteiger partial charge in [-0.1, -0.05) is 38.2 Å². The van der Waals surface area contributed by atoms with Crippen molar-refractivity contribution in [3.8, 4) is 0 Å². The summed E-state index contributed by atoms with van der Waals surface area (Å²) in [5.74, 6) is -1.81. The Labute approximate surface area is 235 Å². The van der Waals surface area contributed by atoms with E-state index in [1.807, 2.05) is 17.5 Å². The zero-order chi connectivity index (χ0) is 28.8.